The lowest BCUT2D eigenvalue weighted by molar-refractivity contribution is -0.130. The molecule has 3 heterocycles. The van der Waals surface area contributed by atoms with Gasteiger partial charge in [-0.15, -0.1) is 0 Å². The molecule has 0 fully saturated rings. The molecule has 0 bridgehead atoms. The first-order chi connectivity index (χ1) is 14.0. The van der Waals surface area contributed by atoms with Crippen molar-refractivity contribution in [1.29, 1.82) is 0 Å². The summed E-state index contributed by atoms with van der Waals surface area (Å²) in [6.45, 7) is 0.116. The molecule has 1 aliphatic rings. The summed E-state index contributed by atoms with van der Waals surface area (Å²) in [6.07, 6.45) is 2.89. The van der Waals surface area contributed by atoms with E-state index in [2.05, 4.69) is 0 Å². The number of hydrogen-bond donors (Lipinski definition) is 1. The number of ketones is 1. The molecule has 148 valence electrons. The normalized spacial score (nSPS) is 16.6. The number of aliphatic hydroxyl groups excluding tert-OH is 1. The molecule has 1 aromatic carbocycles. The molecular formula is C22H20N2O5. The van der Waals surface area contributed by atoms with Gasteiger partial charge in [0.1, 0.15) is 5.76 Å². The highest BCUT2D eigenvalue weighted by molar-refractivity contribution is 6.14. The third-order valence-electron chi connectivity index (χ3n) is 4.92. The van der Waals surface area contributed by atoms with E-state index in [-0.39, 0.29) is 17.9 Å². The number of hydrogen-bond acceptors (Lipinski definition) is 6. The van der Waals surface area contributed by atoms with E-state index in [0.717, 1.165) is 5.69 Å². The number of aliphatic hydroxyl groups is 1. The summed E-state index contributed by atoms with van der Waals surface area (Å²) in [7, 11) is 3.85. The first kappa shape index (κ1) is 18.6. The monoisotopic (exact) mass is 392 g/mol. The van der Waals surface area contributed by atoms with Gasteiger partial charge < -0.3 is 23.7 Å². The fourth-order valence-electron chi connectivity index (χ4n) is 3.46. The van der Waals surface area contributed by atoms with E-state index < -0.39 is 23.5 Å². The highest BCUT2D eigenvalue weighted by Crippen LogP contribution is 2.40. The van der Waals surface area contributed by atoms with Crippen molar-refractivity contribution in [2.75, 3.05) is 19.0 Å². The van der Waals surface area contributed by atoms with E-state index in [1.54, 1.807) is 18.2 Å². The van der Waals surface area contributed by atoms with Gasteiger partial charge in [0.25, 0.3) is 5.91 Å². The minimum Gasteiger partial charge on any atom is -0.503 e. The molecule has 4 rings (SSSR count). The maximum atomic E-state index is 13.0. The Morgan fingerprint density at radius 1 is 1.07 bits per heavy atom. The largest absolute Gasteiger partial charge is 0.503 e. The number of nitrogens with zero attached hydrogens (tertiary/aromatic N) is 2. The highest BCUT2D eigenvalue weighted by Gasteiger charge is 2.44. The zero-order valence-corrected chi connectivity index (χ0v) is 16.0. The molecule has 1 aliphatic heterocycles. The highest BCUT2D eigenvalue weighted by atomic mass is 16.3. The summed E-state index contributed by atoms with van der Waals surface area (Å²) in [5, 5.41) is 10.6. The molecule has 7 nitrogen and oxygen atoms in total. The zero-order chi connectivity index (χ0) is 20.5. The van der Waals surface area contributed by atoms with Crippen LogP contribution in [0.1, 0.15) is 27.9 Å². The maximum Gasteiger partial charge on any atom is 0.290 e. The maximum absolute atomic E-state index is 13.0. The second kappa shape index (κ2) is 7.35. The van der Waals surface area contributed by atoms with E-state index in [9.17, 15) is 14.7 Å². The van der Waals surface area contributed by atoms with Crippen molar-refractivity contribution in [2.24, 2.45) is 0 Å². The SMILES string of the molecule is CN(C)c1ccc(C2C(C(=O)c3ccco3)=C(O)C(=O)N2Cc2ccco2)cc1. The number of Topliss-reactive ketones (excluding diaryl/α,β-unsaturated/α-hetero) is 1. The van der Waals surface area contributed by atoms with E-state index in [4.69, 9.17) is 8.83 Å². The first-order valence-corrected chi connectivity index (χ1v) is 9.09. The quantitative estimate of drug-likeness (QED) is 0.644. The van der Waals surface area contributed by atoms with Crippen LogP contribution < -0.4 is 4.90 Å². The topological polar surface area (TPSA) is 87.1 Å². The number of amides is 1. The van der Waals surface area contributed by atoms with Gasteiger partial charge in [0.2, 0.25) is 5.78 Å². The van der Waals surface area contributed by atoms with E-state index in [1.165, 1.54) is 23.5 Å². The molecule has 0 radical (unpaired) electrons. The Kier molecular flexibility index (Phi) is 4.72. The Morgan fingerprint density at radius 2 is 1.76 bits per heavy atom. The zero-order valence-electron chi connectivity index (χ0n) is 16.0. The fraction of sp³-hybridized carbons (Fsp3) is 0.182. The summed E-state index contributed by atoms with van der Waals surface area (Å²) in [5.41, 5.74) is 1.67. The minimum absolute atomic E-state index is 0.00545. The number of carbonyl (C=O) groups is 2. The number of carbonyl (C=O) groups excluding carboxylic acids is 2. The van der Waals surface area contributed by atoms with Gasteiger partial charge in [-0.1, -0.05) is 12.1 Å². The molecule has 29 heavy (non-hydrogen) atoms. The molecule has 0 spiro atoms. The van der Waals surface area contributed by atoms with Gasteiger partial charge in [-0.25, -0.2) is 0 Å². The molecule has 7 heteroatoms. The summed E-state index contributed by atoms with van der Waals surface area (Å²) in [5.74, 6) is -1.11. The molecule has 2 aromatic heterocycles. The van der Waals surface area contributed by atoms with Crippen LogP contribution in [0.25, 0.3) is 0 Å². The Bertz CT molecular complexity index is 1050. The number of anilines is 1. The van der Waals surface area contributed by atoms with Gasteiger partial charge >= 0.3 is 0 Å². The van der Waals surface area contributed by atoms with Crippen LogP contribution in [-0.4, -0.2) is 35.8 Å². The molecule has 1 amide bonds. The predicted octanol–water partition coefficient (Wildman–Crippen LogP) is 3.72. The van der Waals surface area contributed by atoms with Crippen molar-refractivity contribution in [3.63, 3.8) is 0 Å². The molecule has 1 unspecified atom stereocenters. The molecule has 1 atom stereocenters. The van der Waals surface area contributed by atoms with Crippen molar-refractivity contribution < 1.29 is 23.5 Å². The summed E-state index contributed by atoms with van der Waals surface area (Å²) in [4.78, 5) is 29.3. The van der Waals surface area contributed by atoms with Gasteiger partial charge in [0.05, 0.1) is 30.7 Å². The van der Waals surface area contributed by atoms with Crippen LogP contribution in [0.5, 0.6) is 0 Å². The van der Waals surface area contributed by atoms with Crippen LogP contribution in [0.3, 0.4) is 0 Å². The van der Waals surface area contributed by atoms with Crippen LogP contribution in [0.2, 0.25) is 0 Å². The summed E-state index contributed by atoms with van der Waals surface area (Å²) >= 11 is 0. The average molecular weight is 392 g/mol. The Hall–Kier alpha value is -3.74. The third kappa shape index (κ3) is 3.31. The van der Waals surface area contributed by atoms with Gasteiger partial charge in [-0.05, 0) is 42.0 Å². The van der Waals surface area contributed by atoms with Gasteiger partial charge in [0.15, 0.2) is 11.5 Å². The van der Waals surface area contributed by atoms with Crippen LogP contribution >= 0.6 is 0 Å². The minimum atomic E-state index is -0.763. The van der Waals surface area contributed by atoms with Crippen LogP contribution in [-0.2, 0) is 11.3 Å². The summed E-state index contributed by atoms with van der Waals surface area (Å²) < 4.78 is 10.6. The smallest absolute Gasteiger partial charge is 0.290 e. The number of furan rings is 2. The van der Waals surface area contributed by atoms with E-state index in [0.29, 0.717) is 11.3 Å². The lowest BCUT2D eigenvalue weighted by Gasteiger charge is -2.26. The second-order valence-electron chi connectivity index (χ2n) is 6.97. The molecule has 0 saturated carbocycles. The van der Waals surface area contributed by atoms with E-state index in [1.807, 2.05) is 43.3 Å². The molecule has 0 saturated heterocycles. The third-order valence-corrected chi connectivity index (χ3v) is 4.92. The molecule has 0 aliphatic carbocycles. The van der Waals surface area contributed by atoms with Crippen molar-refractivity contribution in [3.8, 4) is 0 Å². The Morgan fingerprint density at radius 3 is 2.34 bits per heavy atom. The average Bonchev–Trinajstić information content (AvgIpc) is 3.46. The van der Waals surface area contributed by atoms with Crippen molar-refractivity contribution in [3.05, 3.63) is 89.5 Å². The first-order valence-electron chi connectivity index (χ1n) is 9.09. The van der Waals surface area contributed by atoms with E-state index >= 15 is 0 Å². The van der Waals surface area contributed by atoms with Crippen LogP contribution in [0.4, 0.5) is 5.69 Å². The Balaban J connectivity index is 1.78. The van der Waals surface area contributed by atoms with Crippen molar-refractivity contribution >= 4 is 17.4 Å². The number of benzene rings is 1. The fourth-order valence-corrected chi connectivity index (χ4v) is 3.46. The molecule has 1 N–H and O–H groups in total. The Labute approximate surface area is 167 Å². The lowest BCUT2D eigenvalue weighted by Crippen LogP contribution is -2.30. The van der Waals surface area contributed by atoms with Gasteiger partial charge in [0, 0.05) is 19.8 Å². The standard InChI is InChI=1S/C22H20N2O5/c1-23(2)15-9-7-14(8-10-15)19-18(20(25)17-6-4-12-29-17)21(26)22(27)24(19)13-16-5-3-11-28-16/h3-12,19,26H,13H2,1-2H3. The van der Waals surface area contributed by atoms with Gasteiger partial charge in [-0.2, -0.15) is 0 Å². The predicted molar refractivity (Wildman–Crippen MR) is 105 cm³/mol. The molecular weight excluding hydrogens is 372 g/mol. The molecule has 3 aromatic rings. The second-order valence-corrected chi connectivity index (χ2v) is 6.97. The summed E-state index contributed by atoms with van der Waals surface area (Å²) in [6, 6.07) is 13.3. The van der Waals surface area contributed by atoms with Crippen molar-refractivity contribution in [1.82, 2.24) is 4.90 Å². The van der Waals surface area contributed by atoms with Crippen LogP contribution in [0, 0.1) is 0 Å². The van der Waals surface area contributed by atoms with Crippen molar-refractivity contribution in [2.45, 2.75) is 12.6 Å². The lowest BCUT2D eigenvalue weighted by atomic mass is 9.95. The van der Waals surface area contributed by atoms with Crippen LogP contribution in [0.15, 0.2) is 81.2 Å². The number of rotatable bonds is 6. The van der Waals surface area contributed by atoms with Gasteiger partial charge in [-0.3, -0.25) is 9.59 Å².